The molecular weight excluding hydrogens is 268 g/mol. The molecule has 0 saturated heterocycles. The van der Waals surface area contributed by atoms with Crippen LogP contribution in [-0.2, 0) is 6.54 Å². The number of nitrogens with zero attached hydrogens (tertiary/aromatic N) is 3. The number of nitrogens with one attached hydrogen (secondary N) is 1. The first-order valence-corrected chi connectivity index (χ1v) is 7.98. The maximum atomic E-state index is 4.16. The molecule has 0 spiro atoms. The Labute approximate surface area is 125 Å². The smallest absolute Gasteiger partial charge is 0.0765 e. The van der Waals surface area contributed by atoms with Crippen LogP contribution in [0.5, 0.6) is 0 Å². The predicted molar refractivity (Wildman–Crippen MR) is 84.0 cm³/mol. The summed E-state index contributed by atoms with van der Waals surface area (Å²) in [5.74, 6) is 0.969. The van der Waals surface area contributed by atoms with Gasteiger partial charge in [-0.3, -0.25) is 0 Å². The lowest BCUT2D eigenvalue weighted by Gasteiger charge is -2.16. The van der Waals surface area contributed by atoms with E-state index in [-0.39, 0.29) is 6.04 Å². The zero-order valence-electron chi connectivity index (χ0n) is 12.3. The number of aromatic nitrogens is 3. The van der Waals surface area contributed by atoms with E-state index >= 15 is 0 Å². The summed E-state index contributed by atoms with van der Waals surface area (Å²) in [7, 11) is 1.99. The molecule has 0 amide bonds. The van der Waals surface area contributed by atoms with Crippen molar-refractivity contribution in [2.24, 2.45) is 0 Å². The molecule has 1 heterocycles. The highest BCUT2D eigenvalue weighted by atomic mass is 32.2. The molecule has 0 aliphatic rings. The zero-order chi connectivity index (χ0) is 14.4. The Morgan fingerprint density at radius 3 is 2.70 bits per heavy atom. The summed E-state index contributed by atoms with van der Waals surface area (Å²) >= 11 is 1.86. The summed E-state index contributed by atoms with van der Waals surface area (Å²) in [5, 5.41) is 11.6. The largest absolute Gasteiger partial charge is 0.311 e. The summed E-state index contributed by atoms with van der Waals surface area (Å²) in [6.07, 6.45) is 2.93. The first-order valence-electron chi connectivity index (χ1n) is 6.99. The zero-order valence-corrected chi connectivity index (χ0v) is 13.2. The van der Waals surface area contributed by atoms with Gasteiger partial charge in [0.05, 0.1) is 17.9 Å². The highest BCUT2D eigenvalue weighted by molar-refractivity contribution is 7.99. The Bertz CT molecular complexity index is 521. The van der Waals surface area contributed by atoms with E-state index in [1.165, 1.54) is 10.5 Å². The lowest BCUT2D eigenvalue weighted by atomic mass is 10.2. The van der Waals surface area contributed by atoms with Crippen LogP contribution in [0.25, 0.3) is 0 Å². The molecule has 2 rings (SSSR count). The molecule has 1 unspecified atom stereocenters. The van der Waals surface area contributed by atoms with E-state index in [1.54, 1.807) is 0 Å². The number of rotatable bonds is 7. The molecule has 1 N–H and O–H groups in total. The van der Waals surface area contributed by atoms with Crippen LogP contribution >= 0.6 is 11.8 Å². The van der Waals surface area contributed by atoms with Crippen molar-refractivity contribution in [2.45, 2.75) is 37.8 Å². The fourth-order valence-corrected chi connectivity index (χ4v) is 3.08. The van der Waals surface area contributed by atoms with Crippen LogP contribution in [0.2, 0.25) is 0 Å². The molecule has 1 aromatic carbocycles. The molecule has 2 aromatic rings. The molecule has 0 fully saturated rings. The highest BCUT2D eigenvalue weighted by Crippen LogP contribution is 2.24. The molecule has 4 nitrogen and oxygen atoms in total. The van der Waals surface area contributed by atoms with Crippen molar-refractivity contribution in [3.63, 3.8) is 0 Å². The van der Waals surface area contributed by atoms with Crippen LogP contribution in [0, 0.1) is 6.92 Å². The Morgan fingerprint density at radius 1 is 1.30 bits per heavy atom. The molecule has 20 heavy (non-hydrogen) atoms. The molecule has 0 aliphatic carbocycles. The van der Waals surface area contributed by atoms with Crippen LogP contribution in [0.4, 0.5) is 0 Å². The molecular formula is C15H22N4S. The molecule has 108 valence electrons. The predicted octanol–water partition coefficient (Wildman–Crippen LogP) is 3.05. The number of benzene rings is 1. The maximum Gasteiger partial charge on any atom is 0.0765 e. The fourth-order valence-electron chi connectivity index (χ4n) is 2.05. The van der Waals surface area contributed by atoms with Crippen molar-refractivity contribution in [1.82, 2.24) is 20.3 Å². The van der Waals surface area contributed by atoms with Crippen molar-refractivity contribution in [1.29, 1.82) is 0 Å². The van der Waals surface area contributed by atoms with Gasteiger partial charge in [-0.2, -0.15) is 0 Å². The molecule has 5 heteroatoms. The van der Waals surface area contributed by atoms with Gasteiger partial charge in [0, 0.05) is 17.2 Å². The van der Waals surface area contributed by atoms with Crippen molar-refractivity contribution >= 4 is 11.8 Å². The topological polar surface area (TPSA) is 42.7 Å². The molecule has 0 aliphatic heterocycles. The van der Waals surface area contributed by atoms with E-state index in [0.717, 1.165) is 24.4 Å². The van der Waals surface area contributed by atoms with Gasteiger partial charge in [0.25, 0.3) is 0 Å². The van der Waals surface area contributed by atoms with Gasteiger partial charge in [0.1, 0.15) is 0 Å². The third-order valence-corrected chi connectivity index (χ3v) is 4.33. The third-order valence-electron chi connectivity index (χ3n) is 3.23. The van der Waals surface area contributed by atoms with Crippen LogP contribution in [0.3, 0.4) is 0 Å². The van der Waals surface area contributed by atoms with E-state index in [4.69, 9.17) is 0 Å². The molecule has 0 bridgehead atoms. The van der Waals surface area contributed by atoms with Gasteiger partial charge in [-0.1, -0.05) is 29.8 Å². The van der Waals surface area contributed by atoms with Gasteiger partial charge in [0.2, 0.25) is 0 Å². The SMILES string of the molecule is CCCn1nncc1C(CSc1ccc(C)cc1)NC. The standard InChI is InChI=1S/C15H22N4S/c1-4-9-19-15(10-17-18-19)14(16-3)11-20-13-7-5-12(2)6-8-13/h5-8,10,14,16H,4,9,11H2,1-3H3. The summed E-state index contributed by atoms with van der Waals surface area (Å²) in [6, 6.07) is 8.92. The maximum absolute atomic E-state index is 4.16. The van der Waals surface area contributed by atoms with E-state index in [2.05, 4.69) is 53.7 Å². The van der Waals surface area contributed by atoms with Crippen molar-refractivity contribution in [2.75, 3.05) is 12.8 Å². The number of thioether (sulfide) groups is 1. The minimum atomic E-state index is 0.267. The van der Waals surface area contributed by atoms with Crippen molar-refractivity contribution < 1.29 is 0 Å². The molecule has 0 saturated carbocycles. The van der Waals surface area contributed by atoms with E-state index in [1.807, 2.05) is 29.7 Å². The van der Waals surface area contributed by atoms with Crippen molar-refractivity contribution in [3.05, 3.63) is 41.7 Å². The Kier molecular flexibility index (Phi) is 5.61. The molecule has 0 radical (unpaired) electrons. The lowest BCUT2D eigenvalue weighted by Crippen LogP contribution is -2.22. The van der Waals surface area contributed by atoms with Gasteiger partial charge >= 0.3 is 0 Å². The summed E-state index contributed by atoms with van der Waals surface area (Å²) in [4.78, 5) is 1.30. The highest BCUT2D eigenvalue weighted by Gasteiger charge is 2.15. The number of hydrogen-bond donors (Lipinski definition) is 1. The molecule has 1 atom stereocenters. The monoisotopic (exact) mass is 290 g/mol. The summed E-state index contributed by atoms with van der Waals surface area (Å²) in [6.45, 7) is 5.18. The second-order valence-electron chi connectivity index (χ2n) is 4.85. The summed E-state index contributed by atoms with van der Waals surface area (Å²) < 4.78 is 2.00. The first-order chi connectivity index (χ1) is 9.74. The Hall–Kier alpha value is -1.33. The first kappa shape index (κ1) is 15.1. The quantitative estimate of drug-likeness (QED) is 0.796. The minimum absolute atomic E-state index is 0.267. The van der Waals surface area contributed by atoms with Gasteiger partial charge in [-0.15, -0.1) is 16.9 Å². The summed E-state index contributed by atoms with van der Waals surface area (Å²) in [5.41, 5.74) is 2.46. The average Bonchev–Trinajstić information content (AvgIpc) is 2.90. The van der Waals surface area contributed by atoms with Gasteiger partial charge in [-0.25, -0.2) is 4.68 Å². The minimum Gasteiger partial charge on any atom is -0.311 e. The van der Waals surface area contributed by atoms with Gasteiger partial charge in [0.15, 0.2) is 0 Å². The third kappa shape index (κ3) is 3.84. The van der Waals surface area contributed by atoms with Crippen LogP contribution < -0.4 is 5.32 Å². The van der Waals surface area contributed by atoms with Crippen LogP contribution in [0.1, 0.15) is 30.6 Å². The lowest BCUT2D eigenvalue weighted by molar-refractivity contribution is 0.514. The second kappa shape index (κ2) is 7.45. The van der Waals surface area contributed by atoms with Crippen molar-refractivity contribution in [3.8, 4) is 0 Å². The van der Waals surface area contributed by atoms with E-state index in [9.17, 15) is 0 Å². The fraction of sp³-hybridized carbons (Fsp3) is 0.467. The Morgan fingerprint density at radius 2 is 2.05 bits per heavy atom. The average molecular weight is 290 g/mol. The number of aryl methyl sites for hydroxylation is 2. The molecule has 1 aromatic heterocycles. The van der Waals surface area contributed by atoms with Gasteiger partial charge < -0.3 is 5.32 Å². The van der Waals surface area contributed by atoms with Crippen LogP contribution in [-0.4, -0.2) is 27.8 Å². The second-order valence-corrected chi connectivity index (χ2v) is 5.94. The van der Waals surface area contributed by atoms with Gasteiger partial charge in [-0.05, 0) is 32.5 Å². The van der Waals surface area contributed by atoms with Crippen LogP contribution in [0.15, 0.2) is 35.4 Å². The van der Waals surface area contributed by atoms with E-state index in [0.29, 0.717) is 0 Å². The Balaban J connectivity index is 2.01. The van der Waals surface area contributed by atoms with E-state index < -0.39 is 0 Å². The number of hydrogen-bond acceptors (Lipinski definition) is 4. The normalized spacial score (nSPS) is 12.6.